The molecule has 27 heavy (non-hydrogen) atoms. The van der Waals surface area contributed by atoms with Gasteiger partial charge in [0, 0.05) is 12.0 Å². The van der Waals surface area contributed by atoms with Crippen molar-refractivity contribution in [2.75, 3.05) is 13.1 Å². The zero-order valence-electron chi connectivity index (χ0n) is 15.5. The van der Waals surface area contributed by atoms with Gasteiger partial charge in [0.15, 0.2) is 11.5 Å². The second-order valence-corrected chi connectivity index (χ2v) is 7.19. The fraction of sp³-hybridized carbons (Fsp3) is 0.438. The van der Waals surface area contributed by atoms with Crippen molar-refractivity contribution in [1.82, 2.24) is 34.9 Å². The van der Waals surface area contributed by atoms with Crippen LogP contribution in [-0.4, -0.2) is 48.6 Å². The Morgan fingerprint density at radius 2 is 2.11 bits per heavy atom. The van der Waals surface area contributed by atoms with E-state index in [0.717, 1.165) is 12.2 Å². The molecule has 11 heteroatoms. The Morgan fingerprint density at radius 3 is 2.78 bits per heavy atom. The van der Waals surface area contributed by atoms with Crippen molar-refractivity contribution in [3.05, 3.63) is 29.1 Å². The van der Waals surface area contributed by atoms with Gasteiger partial charge in [0.05, 0.1) is 25.0 Å². The smallest absolute Gasteiger partial charge is 0.252 e. The molecule has 11 nitrogen and oxygen atoms in total. The van der Waals surface area contributed by atoms with Crippen molar-refractivity contribution in [1.29, 1.82) is 0 Å². The Kier molecular flexibility index (Phi) is 3.76. The molecule has 0 bridgehead atoms. The molecule has 138 valence electrons. The van der Waals surface area contributed by atoms with Crippen molar-refractivity contribution in [2.45, 2.75) is 33.1 Å². The standard InChI is InChI=1S/C16H19N11/c1-9-21-14-11(12(16(2,3)4)25-27(14)24-9)22-23-13-10(17-5)8-20-26(13)15-18-6-7-19-15/h8,25H,6-7H2,1-4H3,(H,18,19). The number of rotatable bonds is 2. The molecular formula is C16H19N11. The summed E-state index contributed by atoms with van der Waals surface area (Å²) in [6.07, 6.45) is 1.46. The average Bonchev–Trinajstić information content (AvgIpc) is 3.34. The number of aliphatic imine (C=N–C) groups is 1. The monoisotopic (exact) mass is 365 g/mol. The highest BCUT2D eigenvalue weighted by Gasteiger charge is 2.26. The van der Waals surface area contributed by atoms with E-state index in [2.05, 4.69) is 66.4 Å². The van der Waals surface area contributed by atoms with Gasteiger partial charge >= 0.3 is 0 Å². The molecule has 0 fully saturated rings. The summed E-state index contributed by atoms with van der Waals surface area (Å²) in [7, 11) is 0. The van der Waals surface area contributed by atoms with Crippen LogP contribution in [0.15, 0.2) is 21.4 Å². The minimum Gasteiger partial charge on any atom is -0.353 e. The highest BCUT2D eigenvalue weighted by atomic mass is 15.5. The largest absolute Gasteiger partial charge is 0.353 e. The molecule has 3 aromatic rings. The zero-order chi connectivity index (χ0) is 19.2. The Balaban J connectivity index is 1.84. The van der Waals surface area contributed by atoms with Crippen molar-refractivity contribution >= 4 is 28.8 Å². The lowest BCUT2D eigenvalue weighted by atomic mass is 9.91. The van der Waals surface area contributed by atoms with Crippen molar-refractivity contribution in [3.63, 3.8) is 0 Å². The minimum absolute atomic E-state index is 0.218. The van der Waals surface area contributed by atoms with Crippen molar-refractivity contribution < 1.29 is 0 Å². The van der Waals surface area contributed by atoms with E-state index in [1.807, 2.05) is 6.92 Å². The molecule has 4 heterocycles. The molecule has 0 radical (unpaired) electrons. The second-order valence-electron chi connectivity index (χ2n) is 7.19. The maximum absolute atomic E-state index is 7.37. The number of aryl methyl sites for hydroxylation is 1. The van der Waals surface area contributed by atoms with Gasteiger partial charge in [-0.25, -0.2) is 14.8 Å². The third kappa shape index (κ3) is 2.84. The molecule has 0 aliphatic carbocycles. The molecule has 0 spiro atoms. The van der Waals surface area contributed by atoms with Crippen LogP contribution in [0.3, 0.4) is 0 Å². The summed E-state index contributed by atoms with van der Waals surface area (Å²) >= 11 is 0. The topological polar surface area (TPSA) is 117 Å². The van der Waals surface area contributed by atoms with Crippen LogP contribution in [0.5, 0.6) is 0 Å². The summed E-state index contributed by atoms with van der Waals surface area (Å²) in [5.74, 6) is 1.52. The van der Waals surface area contributed by atoms with Crippen LogP contribution in [0.25, 0.3) is 10.5 Å². The number of hydrogen-bond acceptors (Lipinski definition) is 7. The van der Waals surface area contributed by atoms with Gasteiger partial charge in [-0.2, -0.15) is 14.4 Å². The number of aromatic nitrogens is 6. The number of fused-ring (bicyclic) bond motifs is 1. The lowest BCUT2D eigenvalue weighted by Crippen LogP contribution is -2.26. The molecule has 3 aromatic heterocycles. The van der Waals surface area contributed by atoms with Crippen LogP contribution in [0, 0.1) is 13.5 Å². The van der Waals surface area contributed by atoms with Crippen LogP contribution >= 0.6 is 0 Å². The van der Waals surface area contributed by atoms with E-state index < -0.39 is 0 Å². The number of hydrogen-bond donors (Lipinski definition) is 2. The molecule has 0 unspecified atom stereocenters. The summed E-state index contributed by atoms with van der Waals surface area (Å²) in [6.45, 7) is 16.8. The van der Waals surface area contributed by atoms with Crippen LogP contribution in [0.2, 0.25) is 0 Å². The predicted octanol–water partition coefficient (Wildman–Crippen LogP) is 2.63. The summed E-state index contributed by atoms with van der Waals surface area (Å²) in [6, 6.07) is 0. The van der Waals surface area contributed by atoms with Crippen LogP contribution in [-0.2, 0) is 5.41 Å². The first kappa shape index (κ1) is 16.9. The lowest BCUT2D eigenvalue weighted by molar-refractivity contribution is 0.557. The highest BCUT2D eigenvalue weighted by Crippen LogP contribution is 2.36. The first-order chi connectivity index (χ1) is 12.9. The van der Waals surface area contributed by atoms with E-state index in [9.17, 15) is 0 Å². The van der Waals surface area contributed by atoms with Gasteiger partial charge in [-0.15, -0.1) is 15.3 Å². The molecule has 0 saturated carbocycles. The predicted molar refractivity (Wildman–Crippen MR) is 99.1 cm³/mol. The number of nitrogens with zero attached hydrogens (tertiary/aromatic N) is 9. The second kappa shape index (κ2) is 6.01. The summed E-state index contributed by atoms with van der Waals surface area (Å²) < 4.78 is 3.10. The van der Waals surface area contributed by atoms with Gasteiger partial charge in [-0.3, -0.25) is 5.10 Å². The summed E-state index contributed by atoms with van der Waals surface area (Å²) in [4.78, 5) is 12.3. The van der Waals surface area contributed by atoms with Gasteiger partial charge in [-0.05, 0) is 6.92 Å². The van der Waals surface area contributed by atoms with E-state index in [0.29, 0.717) is 41.2 Å². The highest BCUT2D eigenvalue weighted by molar-refractivity contribution is 5.87. The van der Waals surface area contributed by atoms with Crippen LogP contribution in [0.1, 0.15) is 32.3 Å². The molecule has 1 aliphatic heterocycles. The van der Waals surface area contributed by atoms with Gasteiger partial charge in [0.1, 0.15) is 5.82 Å². The van der Waals surface area contributed by atoms with Gasteiger partial charge in [-0.1, -0.05) is 20.8 Å². The molecule has 0 saturated heterocycles. The number of H-pyrrole nitrogens is 1. The number of aromatic amines is 1. The first-order valence-electron chi connectivity index (χ1n) is 8.50. The van der Waals surface area contributed by atoms with E-state index in [4.69, 9.17) is 6.57 Å². The Bertz CT molecular complexity index is 1110. The molecule has 2 N–H and O–H groups in total. The molecule has 0 atom stereocenters. The summed E-state index contributed by atoms with van der Waals surface area (Å²) in [5.41, 5.74) is 2.12. The Labute approximate surface area is 155 Å². The molecule has 1 aliphatic rings. The fourth-order valence-electron chi connectivity index (χ4n) is 2.82. The van der Waals surface area contributed by atoms with Gasteiger partial charge in [0.2, 0.25) is 11.6 Å². The normalized spacial score (nSPS) is 14.7. The van der Waals surface area contributed by atoms with Gasteiger partial charge < -0.3 is 5.32 Å². The molecule has 0 amide bonds. The number of azo groups is 1. The number of nitrogens with one attached hydrogen (secondary N) is 2. The summed E-state index contributed by atoms with van der Waals surface area (Å²) in [5, 5.41) is 23.7. The fourth-order valence-corrected chi connectivity index (χ4v) is 2.82. The third-order valence-electron chi connectivity index (χ3n) is 4.08. The van der Waals surface area contributed by atoms with Gasteiger partial charge in [0.25, 0.3) is 5.69 Å². The van der Waals surface area contributed by atoms with E-state index in [1.54, 1.807) is 4.63 Å². The molecular weight excluding hydrogens is 346 g/mol. The van der Waals surface area contributed by atoms with E-state index in [-0.39, 0.29) is 5.41 Å². The molecule has 4 rings (SSSR count). The maximum atomic E-state index is 7.37. The SMILES string of the molecule is [C-]#[N+]c1cnn(C2=NCCN2)c1N=Nc1c(C(C)(C)C)[nH]n2nc(C)nc12. The molecule has 0 aromatic carbocycles. The average molecular weight is 365 g/mol. The van der Waals surface area contributed by atoms with E-state index >= 15 is 0 Å². The maximum Gasteiger partial charge on any atom is 0.252 e. The first-order valence-corrected chi connectivity index (χ1v) is 8.50. The Morgan fingerprint density at radius 1 is 1.30 bits per heavy atom. The minimum atomic E-state index is -0.218. The quantitative estimate of drug-likeness (QED) is 0.536. The van der Waals surface area contributed by atoms with E-state index in [1.165, 1.54) is 10.9 Å². The van der Waals surface area contributed by atoms with Crippen molar-refractivity contribution in [3.8, 4) is 0 Å². The lowest BCUT2D eigenvalue weighted by Gasteiger charge is -2.16. The third-order valence-corrected chi connectivity index (χ3v) is 4.08. The van der Waals surface area contributed by atoms with Crippen molar-refractivity contribution in [2.24, 2.45) is 15.2 Å². The zero-order valence-corrected chi connectivity index (χ0v) is 15.5. The van der Waals surface area contributed by atoms with Crippen LogP contribution in [0.4, 0.5) is 17.2 Å². The Hall–Kier alpha value is -3.55. The van der Waals surface area contributed by atoms with Crippen LogP contribution < -0.4 is 5.32 Å².